The molecule has 84 valence electrons. The van der Waals surface area contributed by atoms with Crippen LogP contribution in [-0.2, 0) is 0 Å². The molecule has 0 aliphatic carbocycles. The van der Waals surface area contributed by atoms with Gasteiger partial charge >= 0.3 is 6.18 Å². The van der Waals surface area contributed by atoms with Crippen molar-refractivity contribution >= 4 is 0 Å². The molecule has 0 saturated carbocycles. The largest absolute Gasteiger partial charge is 0.415 e. The van der Waals surface area contributed by atoms with Gasteiger partial charge in [-0.05, 0) is 25.9 Å². The number of halogens is 3. The monoisotopic (exact) mass is 212 g/mol. The molecule has 1 aliphatic heterocycles. The second-order valence-corrected chi connectivity index (χ2v) is 3.49. The molecule has 6 heteroatoms. The minimum absolute atomic E-state index is 0.0910. The van der Waals surface area contributed by atoms with E-state index >= 15 is 0 Å². The number of aliphatic hydroxyl groups is 1. The van der Waals surface area contributed by atoms with Crippen LogP contribution in [0.1, 0.15) is 12.8 Å². The summed E-state index contributed by atoms with van der Waals surface area (Å²) < 4.78 is 35.7. The molecule has 1 fully saturated rings. The molecule has 1 atom stereocenters. The van der Waals surface area contributed by atoms with Gasteiger partial charge in [0.2, 0.25) is 0 Å². The summed E-state index contributed by atoms with van der Waals surface area (Å²) in [4.78, 5) is 0. The molecule has 0 aromatic heterocycles. The number of hydrogen-bond acceptors (Lipinski definition) is 3. The van der Waals surface area contributed by atoms with E-state index in [0.717, 1.165) is 25.9 Å². The van der Waals surface area contributed by atoms with Crippen molar-refractivity contribution < 1.29 is 18.3 Å². The lowest BCUT2D eigenvalue weighted by atomic mass is 10.1. The summed E-state index contributed by atoms with van der Waals surface area (Å²) in [6.45, 7) is 1.23. The molecule has 0 aromatic carbocycles. The van der Waals surface area contributed by atoms with Gasteiger partial charge in [0.25, 0.3) is 0 Å². The number of piperidine rings is 1. The standard InChI is InChI=1S/C8H15F3N2O/c9-8(10,11)7(14)5-13-6-1-3-12-4-2-6/h6-7,12-14H,1-5H2. The fourth-order valence-corrected chi connectivity index (χ4v) is 1.42. The molecule has 1 rings (SSSR count). The third kappa shape index (κ3) is 3.81. The van der Waals surface area contributed by atoms with Gasteiger partial charge in [0.05, 0.1) is 0 Å². The fraction of sp³-hybridized carbons (Fsp3) is 1.00. The van der Waals surface area contributed by atoms with E-state index in [2.05, 4.69) is 10.6 Å². The van der Waals surface area contributed by atoms with E-state index in [1.165, 1.54) is 0 Å². The number of hydrogen-bond donors (Lipinski definition) is 3. The van der Waals surface area contributed by atoms with E-state index in [0.29, 0.717) is 0 Å². The summed E-state index contributed by atoms with van der Waals surface area (Å²) in [6, 6.07) is 0.0910. The summed E-state index contributed by atoms with van der Waals surface area (Å²) in [6.07, 6.45) is -5.15. The maximum Gasteiger partial charge on any atom is 0.415 e. The summed E-state index contributed by atoms with van der Waals surface area (Å²) in [7, 11) is 0. The van der Waals surface area contributed by atoms with Gasteiger partial charge in [-0.25, -0.2) is 0 Å². The Morgan fingerprint density at radius 3 is 2.43 bits per heavy atom. The summed E-state index contributed by atoms with van der Waals surface area (Å²) in [5.41, 5.74) is 0. The Morgan fingerprint density at radius 1 is 1.36 bits per heavy atom. The van der Waals surface area contributed by atoms with Crippen molar-refractivity contribution in [2.24, 2.45) is 0 Å². The second-order valence-electron chi connectivity index (χ2n) is 3.49. The first-order chi connectivity index (χ1) is 6.50. The van der Waals surface area contributed by atoms with E-state index < -0.39 is 18.8 Å². The molecule has 0 spiro atoms. The Bertz CT molecular complexity index is 168. The molecular weight excluding hydrogens is 197 g/mol. The highest BCUT2D eigenvalue weighted by Gasteiger charge is 2.38. The summed E-state index contributed by atoms with van der Waals surface area (Å²) >= 11 is 0. The lowest BCUT2D eigenvalue weighted by Gasteiger charge is -2.25. The number of aliphatic hydroxyl groups excluding tert-OH is 1. The van der Waals surface area contributed by atoms with E-state index in [9.17, 15) is 13.2 Å². The molecule has 3 nitrogen and oxygen atoms in total. The molecule has 14 heavy (non-hydrogen) atoms. The zero-order valence-electron chi connectivity index (χ0n) is 7.77. The Kier molecular flexibility index (Phi) is 4.15. The SMILES string of the molecule is OC(CNC1CCNCC1)C(F)(F)F. The van der Waals surface area contributed by atoms with Crippen LogP contribution in [0.3, 0.4) is 0 Å². The highest BCUT2D eigenvalue weighted by atomic mass is 19.4. The highest BCUT2D eigenvalue weighted by Crippen LogP contribution is 2.19. The van der Waals surface area contributed by atoms with Crippen LogP contribution in [0.4, 0.5) is 13.2 Å². The molecule has 0 radical (unpaired) electrons. The first-order valence-corrected chi connectivity index (χ1v) is 4.69. The Labute approximate surface area is 80.7 Å². The quantitative estimate of drug-likeness (QED) is 0.628. The molecule has 1 aliphatic rings. The third-order valence-electron chi connectivity index (χ3n) is 2.32. The van der Waals surface area contributed by atoms with E-state index in [-0.39, 0.29) is 6.04 Å². The lowest BCUT2D eigenvalue weighted by Crippen LogP contribution is -2.46. The molecular formula is C8H15F3N2O. The van der Waals surface area contributed by atoms with Gasteiger partial charge in [0.1, 0.15) is 0 Å². The van der Waals surface area contributed by atoms with Crippen LogP contribution in [-0.4, -0.2) is 43.1 Å². The van der Waals surface area contributed by atoms with Crippen LogP contribution in [0.5, 0.6) is 0 Å². The number of rotatable bonds is 3. The van der Waals surface area contributed by atoms with Crippen molar-refractivity contribution in [3.05, 3.63) is 0 Å². The predicted octanol–water partition coefficient (Wildman–Crippen LogP) is 0.251. The lowest BCUT2D eigenvalue weighted by molar-refractivity contribution is -0.202. The van der Waals surface area contributed by atoms with Crippen LogP contribution in [0.15, 0.2) is 0 Å². The van der Waals surface area contributed by atoms with E-state index in [1.54, 1.807) is 0 Å². The van der Waals surface area contributed by atoms with Gasteiger partial charge < -0.3 is 15.7 Å². The molecule has 1 unspecified atom stereocenters. The maximum atomic E-state index is 11.9. The smallest absolute Gasteiger partial charge is 0.382 e. The van der Waals surface area contributed by atoms with Crippen LogP contribution >= 0.6 is 0 Å². The molecule has 1 saturated heterocycles. The third-order valence-corrected chi connectivity index (χ3v) is 2.32. The highest BCUT2D eigenvalue weighted by molar-refractivity contribution is 4.77. The summed E-state index contributed by atoms with van der Waals surface area (Å²) in [5, 5.41) is 14.5. The molecule has 0 aromatic rings. The van der Waals surface area contributed by atoms with Crippen molar-refractivity contribution in [2.45, 2.75) is 31.2 Å². The van der Waals surface area contributed by atoms with Crippen LogP contribution in [0, 0.1) is 0 Å². The number of nitrogens with one attached hydrogen (secondary N) is 2. The Hall–Kier alpha value is -0.330. The van der Waals surface area contributed by atoms with Gasteiger partial charge in [-0.1, -0.05) is 0 Å². The number of alkyl halides is 3. The van der Waals surface area contributed by atoms with Gasteiger partial charge in [0.15, 0.2) is 6.10 Å². The van der Waals surface area contributed by atoms with Gasteiger partial charge in [-0.3, -0.25) is 0 Å². The van der Waals surface area contributed by atoms with Crippen LogP contribution in [0.2, 0.25) is 0 Å². The molecule has 1 heterocycles. The van der Waals surface area contributed by atoms with Gasteiger partial charge in [0, 0.05) is 12.6 Å². The molecule has 0 bridgehead atoms. The first-order valence-electron chi connectivity index (χ1n) is 4.69. The van der Waals surface area contributed by atoms with Crippen molar-refractivity contribution in [3.8, 4) is 0 Å². The van der Waals surface area contributed by atoms with Crippen molar-refractivity contribution in [3.63, 3.8) is 0 Å². The maximum absolute atomic E-state index is 11.9. The zero-order valence-corrected chi connectivity index (χ0v) is 7.77. The second kappa shape index (κ2) is 4.95. The Balaban J connectivity index is 2.19. The normalized spacial score (nSPS) is 22.3. The average molecular weight is 212 g/mol. The van der Waals surface area contributed by atoms with Crippen molar-refractivity contribution in [2.75, 3.05) is 19.6 Å². The molecule has 3 N–H and O–H groups in total. The average Bonchev–Trinajstić information content (AvgIpc) is 2.14. The predicted molar refractivity (Wildman–Crippen MR) is 46.0 cm³/mol. The van der Waals surface area contributed by atoms with Crippen molar-refractivity contribution in [1.29, 1.82) is 0 Å². The van der Waals surface area contributed by atoms with Crippen LogP contribution < -0.4 is 10.6 Å². The minimum atomic E-state index is -4.51. The Morgan fingerprint density at radius 2 is 1.93 bits per heavy atom. The fourth-order valence-electron chi connectivity index (χ4n) is 1.42. The molecule has 0 amide bonds. The summed E-state index contributed by atoms with van der Waals surface area (Å²) in [5.74, 6) is 0. The van der Waals surface area contributed by atoms with Crippen LogP contribution in [0.25, 0.3) is 0 Å². The van der Waals surface area contributed by atoms with Gasteiger partial charge in [-0.2, -0.15) is 13.2 Å². The first kappa shape index (κ1) is 11.7. The van der Waals surface area contributed by atoms with Crippen molar-refractivity contribution in [1.82, 2.24) is 10.6 Å². The van der Waals surface area contributed by atoms with E-state index in [1.807, 2.05) is 0 Å². The zero-order chi connectivity index (χ0) is 10.6. The van der Waals surface area contributed by atoms with E-state index in [4.69, 9.17) is 5.11 Å². The minimum Gasteiger partial charge on any atom is -0.382 e. The van der Waals surface area contributed by atoms with Gasteiger partial charge in [-0.15, -0.1) is 0 Å². The topological polar surface area (TPSA) is 44.3 Å².